The first-order valence-electron chi connectivity index (χ1n) is 12.9. The van der Waals surface area contributed by atoms with Crippen molar-refractivity contribution in [1.82, 2.24) is 14.7 Å². The number of rotatable bonds is 8. The van der Waals surface area contributed by atoms with Crippen LogP contribution in [0.4, 0.5) is 8.78 Å². The van der Waals surface area contributed by atoms with E-state index in [-0.39, 0.29) is 23.8 Å². The maximum absolute atomic E-state index is 13.8. The topological polar surface area (TPSA) is 72.7 Å². The number of carbonyl (C=O) groups excluding carboxylic acids is 2. The monoisotopic (exact) mass is 537 g/mol. The first-order chi connectivity index (χ1) is 18.4. The van der Waals surface area contributed by atoms with Gasteiger partial charge < -0.3 is 10.1 Å². The third-order valence-electron chi connectivity index (χ3n) is 7.15. The number of hydrogen-bond donors (Lipinski definition) is 1. The van der Waals surface area contributed by atoms with Gasteiger partial charge in [0.15, 0.2) is 4.96 Å². The lowest BCUT2D eigenvalue weighted by Gasteiger charge is -2.28. The second-order valence-electron chi connectivity index (χ2n) is 9.64. The van der Waals surface area contributed by atoms with E-state index in [0.29, 0.717) is 29.8 Å². The second kappa shape index (κ2) is 11.4. The van der Waals surface area contributed by atoms with Crippen molar-refractivity contribution < 1.29 is 23.1 Å². The van der Waals surface area contributed by atoms with E-state index >= 15 is 0 Å². The van der Waals surface area contributed by atoms with E-state index in [2.05, 4.69) is 34.6 Å². The quantitative estimate of drug-likeness (QED) is 0.261. The molecule has 1 aliphatic rings. The van der Waals surface area contributed by atoms with E-state index in [0.717, 1.165) is 48.3 Å². The zero-order valence-electron chi connectivity index (χ0n) is 21.1. The summed E-state index contributed by atoms with van der Waals surface area (Å²) < 4.78 is 34.5. The van der Waals surface area contributed by atoms with Gasteiger partial charge in [-0.3, -0.25) is 14.0 Å². The van der Waals surface area contributed by atoms with E-state index in [1.54, 1.807) is 10.6 Å². The third-order valence-corrected chi connectivity index (χ3v) is 8.20. The Morgan fingerprint density at radius 3 is 2.42 bits per heavy atom. The minimum Gasteiger partial charge on any atom is -0.466 e. The molecule has 0 spiro atoms. The molecule has 2 heterocycles. The van der Waals surface area contributed by atoms with Gasteiger partial charge in [-0.15, -0.1) is 0 Å². The Kier molecular flexibility index (Phi) is 7.83. The van der Waals surface area contributed by atoms with Crippen molar-refractivity contribution in [3.8, 4) is 10.4 Å². The van der Waals surface area contributed by atoms with E-state index < -0.39 is 17.5 Å². The fourth-order valence-electron chi connectivity index (χ4n) is 5.07. The number of thiazole rings is 1. The molecule has 2 aromatic carbocycles. The molecule has 6 nitrogen and oxygen atoms in total. The summed E-state index contributed by atoms with van der Waals surface area (Å²) in [5.74, 6) is -1.07. The highest BCUT2D eigenvalue weighted by molar-refractivity contribution is 7.20. The van der Waals surface area contributed by atoms with Crippen LogP contribution in [0.15, 0.2) is 54.9 Å². The van der Waals surface area contributed by atoms with E-state index in [9.17, 15) is 18.4 Å². The lowest BCUT2D eigenvalue weighted by Crippen LogP contribution is -2.24. The number of halogens is 2. The number of imidazole rings is 1. The molecule has 2 aromatic heterocycles. The van der Waals surface area contributed by atoms with Crippen LogP contribution < -0.4 is 5.32 Å². The second-order valence-corrected chi connectivity index (χ2v) is 10.7. The maximum Gasteiger partial charge on any atom is 0.306 e. The lowest BCUT2D eigenvalue weighted by atomic mass is 9.77. The molecule has 9 heteroatoms. The average molecular weight is 538 g/mol. The van der Waals surface area contributed by atoms with Gasteiger partial charge in [0.2, 0.25) is 0 Å². The molecule has 0 saturated heterocycles. The molecule has 1 saturated carbocycles. The Labute approximate surface area is 223 Å². The zero-order valence-corrected chi connectivity index (χ0v) is 21.9. The van der Waals surface area contributed by atoms with Gasteiger partial charge >= 0.3 is 5.97 Å². The van der Waals surface area contributed by atoms with Gasteiger partial charge in [-0.05, 0) is 67.7 Å². The van der Waals surface area contributed by atoms with Crippen LogP contribution in [0.1, 0.15) is 66.6 Å². The summed E-state index contributed by atoms with van der Waals surface area (Å²) in [6, 6.07) is 12.2. The number of esters is 1. The maximum atomic E-state index is 13.8. The molecular weight excluding hydrogens is 508 g/mol. The molecule has 0 atom stereocenters. The van der Waals surface area contributed by atoms with E-state index in [1.165, 1.54) is 23.0 Å². The number of carbonyl (C=O) groups is 2. The molecule has 1 fully saturated rings. The summed E-state index contributed by atoms with van der Waals surface area (Å²) in [5, 5.41) is 2.54. The molecule has 198 valence electrons. The Morgan fingerprint density at radius 1 is 1.05 bits per heavy atom. The largest absolute Gasteiger partial charge is 0.466 e. The molecule has 0 aliphatic heterocycles. The highest BCUT2D eigenvalue weighted by Gasteiger charge is 2.24. The fourth-order valence-corrected chi connectivity index (χ4v) is 6.05. The highest BCUT2D eigenvalue weighted by atomic mass is 32.1. The molecular formula is C29H29F2N3O3S. The van der Waals surface area contributed by atoms with Crippen molar-refractivity contribution in [3.63, 3.8) is 0 Å². The van der Waals surface area contributed by atoms with Crippen LogP contribution in [0.2, 0.25) is 0 Å². The van der Waals surface area contributed by atoms with Crippen molar-refractivity contribution in [2.24, 2.45) is 5.92 Å². The lowest BCUT2D eigenvalue weighted by molar-refractivity contribution is -0.144. The van der Waals surface area contributed by atoms with Gasteiger partial charge in [0.1, 0.15) is 17.3 Å². The minimum absolute atomic E-state index is 0.0895. The number of nitrogens with zero attached hydrogens (tertiary/aromatic N) is 2. The van der Waals surface area contributed by atoms with Crippen LogP contribution in [-0.4, -0.2) is 27.9 Å². The van der Waals surface area contributed by atoms with Gasteiger partial charge in [-0.1, -0.05) is 41.7 Å². The first kappa shape index (κ1) is 26.0. The van der Waals surface area contributed by atoms with Gasteiger partial charge in [-0.25, -0.2) is 13.8 Å². The summed E-state index contributed by atoms with van der Waals surface area (Å²) in [7, 11) is 0. The van der Waals surface area contributed by atoms with Crippen molar-refractivity contribution in [3.05, 3.63) is 83.3 Å². The minimum atomic E-state index is -0.700. The van der Waals surface area contributed by atoms with Gasteiger partial charge in [0.05, 0.1) is 11.5 Å². The van der Waals surface area contributed by atoms with Gasteiger partial charge in [-0.2, -0.15) is 0 Å². The Bertz CT molecular complexity index is 1390. The van der Waals surface area contributed by atoms with Crippen LogP contribution in [0.3, 0.4) is 0 Å². The first-order valence-corrected chi connectivity index (χ1v) is 13.7. The van der Waals surface area contributed by atoms with Crippen molar-refractivity contribution in [2.75, 3.05) is 6.61 Å². The normalized spacial score (nSPS) is 17.4. The number of fused-ring (bicyclic) bond motifs is 1. The predicted octanol–water partition coefficient (Wildman–Crippen LogP) is 6.50. The Balaban J connectivity index is 1.19. The third kappa shape index (κ3) is 5.78. The van der Waals surface area contributed by atoms with Crippen LogP contribution in [0, 0.1) is 17.6 Å². The van der Waals surface area contributed by atoms with Crippen molar-refractivity contribution >= 4 is 28.2 Å². The molecule has 1 amide bonds. The van der Waals surface area contributed by atoms with Gasteiger partial charge in [0.25, 0.3) is 5.91 Å². The van der Waals surface area contributed by atoms with Crippen LogP contribution in [-0.2, 0) is 16.1 Å². The summed E-state index contributed by atoms with van der Waals surface area (Å²) in [5.41, 5.74) is 2.39. The summed E-state index contributed by atoms with van der Waals surface area (Å²) in [6.45, 7) is 2.02. The van der Waals surface area contributed by atoms with Gasteiger partial charge in [0, 0.05) is 30.9 Å². The summed E-state index contributed by atoms with van der Waals surface area (Å²) >= 11 is 1.47. The predicted molar refractivity (Wildman–Crippen MR) is 142 cm³/mol. The molecule has 0 bridgehead atoms. The Morgan fingerprint density at radius 2 is 1.76 bits per heavy atom. The average Bonchev–Trinajstić information content (AvgIpc) is 3.49. The number of ether oxygens (including phenoxy) is 1. The van der Waals surface area contributed by atoms with Crippen molar-refractivity contribution in [2.45, 2.75) is 51.5 Å². The standard InChI is InChI=1S/C29H29F2N3O3S/c1-2-37-27(35)14-18-6-8-19(9-7-18)20-10-12-21(13-11-20)26-17-34-16-25(33-29(34)38-26)28(36)32-15-22-23(30)4-3-5-24(22)31/h3-5,10-13,16-19H,2,6-9,14-15H2,1H3,(H,32,36). The number of aromatic nitrogens is 2. The molecule has 4 aromatic rings. The molecule has 5 rings (SSSR count). The zero-order chi connectivity index (χ0) is 26.6. The number of benzene rings is 2. The molecule has 1 N–H and O–H groups in total. The van der Waals surface area contributed by atoms with Crippen molar-refractivity contribution in [1.29, 1.82) is 0 Å². The summed E-state index contributed by atoms with van der Waals surface area (Å²) in [4.78, 5) is 30.3. The number of hydrogen-bond acceptors (Lipinski definition) is 5. The SMILES string of the molecule is CCOC(=O)CC1CCC(c2ccc(-c3cn4cc(C(=O)NCc5c(F)cccc5F)nc4s3)cc2)CC1. The smallest absolute Gasteiger partial charge is 0.306 e. The van der Waals surface area contributed by atoms with Crippen LogP contribution in [0.5, 0.6) is 0 Å². The molecule has 1 aliphatic carbocycles. The van der Waals surface area contributed by atoms with Crippen LogP contribution in [0.25, 0.3) is 15.4 Å². The Hall–Kier alpha value is -3.59. The molecule has 0 unspecified atom stereocenters. The van der Waals surface area contributed by atoms with E-state index in [1.807, 2.05) is 13.1 Å². The highest BCUT2D eigenvalue weighted by Crippen LogP contribution is 2.38. The summed E-state index contributed by atoms with van der Waals surface area (Å²) in [6.07, 6.45) is 8.29. The van der Waals surface area contributed by atoms with E-state index in [4.69, 9.17) is 4.74 Å². The molecule has 38 heavy (non-hydrogen) atoms. The van der Waals surface area contributed by atoms with Crippen LogP contribution >= 0.6 is 11.3 Å². The number of amides is 1. The molecule has 0 radical (unpaired) electrons. The fraction of sp³-hybridized carbons (Fsp3) is 0.345. The number of nitrogens with one attached hydrogen (secondary N) is 1.